The summed E-state index contributed by atoms with van der Waals surface area (Å²) in [6, 6.07) is 6.93. The van der Waals surface area contributed by atoms with Crippen molar-refractivity contribution < 1.29 is 18.6 Å². The second-order valence-corrected chi connectivity index (χ2v) is 4.71. The van der Waals surface area contributed by atoms with Gasteiger partial charge in [0.1, 0.15) is 0 Å². The molecule has 0 saturated heterocycles. The highest BCUT2D eigenvalue weighted by molar-refractivity contribution is 5.32. The maximum atomic E-state index is 13.6. The first-order chi connectivity index (χ1) is 9.51. The minimum atomic E-state index is -1.06. The van der Waals surface area contributed by atoms with Crippen molar-refractivity contribution in [1.82, 2.24) is 4.98 Å². The van der Waals surface area contributed by atoms with Crippen molar-refractivity contribution in [3.63, 3.8) is 0 Å². The maximum Gasteiger partial charge on any atom is 0.219 e. The summed E-state index contributed by atoms with van der Waals surface area (Å²) in [7, 11) is 0. The van der Waals surface area contributed by atoms with E-state index in [2.05, 4.69) is 4.98 Å². The number of benzene rings is 1. The van der Waals surface area contributed by atoms with Crippen molar-refractivity contribution in [1.29, 1.82) is 0 Å². The predicted molar refractivity (Wildman–Crippen MR) is 70.7 cm³/mol. The molecule has 0 aliphatic heterocycles. The summed E-state index contributed by atoms with van der Waals surface area (Å²) in [4.78, 5) is 4.22. The highest BCUT2D eigenvalue weighted by Gasteiger charge is 2.12. The Labute approximate surface area is 115 Å². The van der Waals surface area contributed by atoms with Gasteiger partial charge in [0, 0.05) is 11.8 Å². The third-order valence-electron chi connectivity index (χ3n) is 2.79. The van der Waals surface area contributed by atoms with Gasteiger partial charge < -0.3 is 9.84 Å². The first kappa shape index (κ1) is 14.4. The number of pyridine rings is 1. The fourth-order valence-electron chi connectivity index (χ4n) is 1.70. The first-order valence-electron chi connectivity index (χ1n) is 6.25. The topological polar surface area (TPSA) is 42.4 Å². The smallest absolute Gasteiger partial charge is 0.219 e. The lowest BCUT2D eigenvalue weighted by Crippen LogP contribution is -2.00. The first-order valence-corrected chi connectivity index (χ1v) is 6.25. The summed E-state index contributed by atoms with van der Waals surface area (Å²) in [5, 5.41) is 9.22. The number of rotatable bonds is 4. The average molecular weight is 279 g/mol. The minimum Gasteiger partial charge on any atom is -0.436 e. The highest BCUT2D eigenvalue weighted by Crippen LogP contribution is 2.27. The molecule has 0 spiro atoms. The Balaban J connectivity index is 2.37. The second kappa shape index (κ2) is 5.96. The van der Waals surface area contributed by atoms with Crippen molar-refractivity contribution in [3.8, 4) is 11.6 Å². The molecular weight excluding hydrogens is 264 g/mol. The van der Waals surface area contributed by atoms with Gasteiger partial charge in [-0.3, -0.25) is 0 Å². The number of hydrogen-bond acceptors (Lipinski definition) is 3. The van der Waals surface area contributed by atoms with Crippen LogP contribution in [0.25, 0.3) is 0 Å². The van der Waals surface area contributed by atoms with Crippen molar-refractivity contribution in [2.24, 2.45) is 0 Å². The zero-order chi connectivity index (χ0) is 14.7. The fourth-order valence-corrected chi connectivity index (χ4v) is 1.70. The molecule has 2 aromatic rings. The zero-order valence-electron chi connectivity index (χ0n) is 11.2. The molecule has 20 heavy (non-hydrogen) atoms. The molecule has 1 heterocycles. The summed E-state index contributed by atoms with van der Waals surface area (Å²) in [6.45, 7) is 3.70. The van der Waals surface area contributed by atoms with Gasteiger partial charge >= 0.3 is 0 Å². The Morgan fingerprint density at radius 2 is 2.00 bits per heavy atom. The van der Waals surface area contributed by atoms with Gasteiger partial charge in [0.05, 0.1) is 6.61 Å². The van der Waals surface area contributed by atoms with E-state index >= 15 is 0 Å². The van der Waals surface area contributed by atoms with Gasteiger partial charge in [0.2, 0.25) is 11.7 Å². The van der Waals surface area contributed by atoms with Crippen molar-refractivity contribution in [2.45, 2.75) is 26.4 Å². The van der Waals surface area contributed by atoms with Crippen LogP contribution in [-0.2, 0) is 6.61 Å². The Kier molecular flexibility index (Phi) is 4.29. The number of nitrogens with zero attached hydrogens (tertiary/aromatic N) is 1. The molecule has 5 heteroatoms. The van der Waals surface area contributed by atoms with Crippen LogP contribution in [0.4, 0.5) is 8.78 Å². The molecular formula is C15H15F2NO2. The van der Waals surface area contributed by atoms with E-state index in [1.807, 2.05) is 13.8 Å². The minimum absolute atomic E-state index is 0.126. The molecule has 2 rings (SSSR count). The van der Waals surface area contributed by atoms with Gasteiger partial charge in [0.15, 0.2) is 11.6 Å². The quantitative estimate of drug-likeness (QED) is 0.926. The lowest BCUT2D eigenvalue weighted by atomic mass is 10.1. The van der Waals surface area contributed by atoms with E-state index < -0.39 is 11.6 Å². The van der Waals surface area contributed by atoms with Gasteiger partial charge in [-0.25, -0.2) is 9.37 Å². The number of aromatic nitrogens is 1. The number of aliphatic hydroxyl groups is 1. The van der Waals surface area contributed by atoms with Crippen LogP contribution >= 0.6 is 0 Å². The summed E-state index contributed by atoms with van der Waals surface area (Å²) >= 11 is 0. The molecule has 0 aliphatic rings. The normalized spacial score (nSPS) is 10.9. The average Bonchev–Trinajstić information content (AvgIpc) is 2.43. The third-order valence-corrected chi connectivity index (χ3v) is 2.79. The monoisotopic (exact) mass is 279 g/mol. The standard InChI is InChI=1S/C15H15F2NO2/c1-9(2)12-6-10(8-19)7-14(18-12)20-13-5-3-4-11(16)15(13)17/h3-7,9,19H,8H2,1-2H3. The Morgan fingerprint density at radius 3 is 2.65 bits per heavy atom. The number of ether oxygens (including phenoxy) is 1. The second-order valence-electron chi connectivity index (χ2n) is 4.71. The van der Waals surface area contributed by atoms with E-state index in [9.17, 15) is 13.9 Å². The Morgan fingerprint density at radius 1 is 1.25 bits per heavy atom. The fraction of sp³-hybridized carbons (Fsp3) is 0.267. The molecule has 1 N–H and O–H groups in total. The molecule has 1 aromatic carbocycles. The summed E-state index contributed by atoms with van der Waals surface area (Å²) in [5.74, 6) is -2.02. The SMILES string of the molecule is CC(C)c1cc(CO)cc(Oc2cccc(F)c2F)n1. The van der Waals surface area contributed by atoms with Crippen LogP contribution in [0, 0.1) is 11.6 Å². The molecule has 0 amide bonds. The number of hydrogen-bond donors (Lipinski definition) is 1. The van der Waals surface area contributed by atoms with E-state index in [0.29, 0.717) is 11.3 Å². The van der Waals surface area contributed by atoms with Gasteiger partial charge in [-0.15, -0.1) is 0 Å². The summed E-state index contributed by atoms with van der Waals surface area (Å²) in [6.07, 6.45) is 0. The van der Waals surface area contributed by atoms with Crippen LogP contribution in [0.3, 0.4) is 0 Å². The maximum absolute atomic E-state index is 13.6. The molecule has 0 radical (unpaired) electrons. The lowest BCUT2D eigenvalue weighted by Gasteiger charge is -2.11. The van der Waals surface area contributed by atoms with Gasteiger partial charge in [-0.2, -0.15) is 4.39 Å². The molecule has 0 saturated carbocycles. The van der Waals surface area contributed by atoms with Crippen LogP contribution in [0.2, 0.25) is 0 Å². The molecule has 0 unspecified atom stereocenters. The summed E-state index contributed by atoms with van der Waals surface area (Å²) < 4.78 is 32.0. The molecule has 0 aliphatic carbocycles. The van der Waals surface area contributed by atoms with Crippen LogP contribution < -0.4 is 4.74 Å². The van der Waals surface area contributed by atoms with Crippen LogP contribution in [0.15, 0.2) is 30.3 Å². The van der Waals surface area contributed by atoms with E-state index in [-0.39, 0.29) is 24.2 Å². The predicted octanol–water partition coefficient (Wildman–Crippen LogP) is 3.77. The molecule has 106 valence electrons. The van der Waals surface area contributed by atoms with E-state index in [1.165, 1.54) is 18.2 Å². The molecule has 0 bridgehead atoms. The Hall–Kier alpha value is -2.01. The van der Waals surface area contributed by atoms with Gasteiger partial charge in [-0.05, 0) is 29.7 Å². The molecule has 3 nitrogen and oxygen atoms in total. The van der Waals surface area contributed by atoms with Crippen LogP contribution in [-0.4, -0.2) is 10.1 Å². The largest absolute Gasteiger partial charge is 0.436 e. The van der Waals surface area contributed by atoms with Crippen molar-refractivity contribution >= 4 is 0 Å². The lowest BCUT2D eigenvalue weighted by molar-refractivity contribution is 0.280. The number of halogens is 2. The highest BCUT2D eigenvalue weighted by atomic mass is 19.2. The molecule has 1 aromatic heterocycles. The van der Waals surface area contributed by atoms with Gasteiger partial charge in [-0.1, -0.05) is 19.9 Å². The molecule has 0 atom stereocenters. The van der Waals surface area contributed by atoms with E-state index in [4.69, 9.17) is 4.74 Å². The zero-order valence-corrected chi connectivity index (χ0v) is 11.2. The number of aliphatic hydroxyl groups excluding tert-OH is 1. The van der Waals surface area contributed by atoms with E-state index in [0.717, 1.165) is 6.07 Å². The van der Waals surface area contributed by atoms with Crippen LogP contribution in [0.5, 0.6) is 11.6 Å². The van der Waals surface area contributed by atoms with Crippen molar-refractivity contribution in [2.75, 3.05) is 0 Å². The van der Waals surface area contributed by atoms with Crippen molar-refractivity contribution in [3.05, 3.63) is 53.2 Å². The third kappa shape index (κ3) is 3.11. The Bertz CT molecular complexity index is 615. The van der Waals surface area contributed by atoms with Gasteiger partial charge in [0.25, 0.3) is 0 Å². The molecule has 0 fully saturated rings. The van der Waals surface area contributed by atoms with E-state index in [1.54, 1.807) is 6.07 Å². The summed E-state index contributed by atoms with van der Waals surface area (Å²) in [5.41, 5.74) is 1.32. The van der Waals surface area contributed by atoms with Crippen LogP contribution in [0.1, 0.15) is 31.0 Å².